The molecule has 1 heterocycles. The molecule has 2 aromatic carbocycles. The third-order valence-corrected chi connectivity index (χ3v) is 4.23. The summed E-state index contributed by atoms with van der Waals surface area (Å²) in [5.41, 5.74) is 4.72. The molecule has 0 saturated carbocycles. The van der Waals surface area contributed by atoms with Gasteiger partial charge in [-0.05, 0) is 52.0 Å². The number of carbonyl (C=O) groups is 2. The number of hydrogen-bond donors (Lipinski definition) is 1. The Hall–Kier alpha value is -3.21. The Balaban J connectivity index is 1.97. The molecule has 0 aliphatic carbocycles. The summed E-state index contributed by atoms with van der Waals surface area (Å²) in [4.78, 5) is 30.4. The second kappa shape index (κ2) is 7.19. The summed E-state index contributed by atoms with van der Waals surface area (Å²) in [5.74, 6) is -0.622. The van der Waals surface area contributed by atoms with Gasteiger partial charge in [-0.15, -0.1) is 0 Å². The molecule has 0 aliphatic rings. The lowest BCUT2D eigenvalue weighted by atomic mass is 10.0. The molecule has 0 radical (unpaired) electrons. The molecule has 0 fully saturated rings. The summed E-state index contributed by atoms with van der Waals surface area (Å²) >= 11 is 0. The fourth-order valence-corrected chi connectivity index (χ4v) is 2.87. The molecule has 0 aliphatic heterocycles. The molecule has 3 aromatic rings. The maximum atomic E-state index is 13.3. The molecule has 27 heavy (non-hydrogen) atoms. The largest absolute Gasteiger partial charge is 0.274 e. The molecule has 0 atom stereocenters. The van der Waals surface area contributed by atoms with Gasteiger partial charge in [-0.1, -0.05) is 35.9 Å². The van der Waals surface area contributed by atoms with Gasteiger partial charge in [0.2, 0.25) is 0 Å². The van der Waals surface area contributed by atoms with Crippen molar-refractivity contribution in [3.8, 4) is 0 Å². The van der Waals surface area contributed by atoms with E-state index in [1.54, 1.807) is 24.4 Å². The first-order valence-corrected chi connectivity index (χ1v) is 8.83. The first kappa shape index (κ1) is 18.6. The molecule has 3 rings (SSSR count). The highest BCUT2D eigenvalue weighted by molar-refractivity contribution is 6.06. The van der Waals surface area contributed by atoms with Gasteiger partial charge in [-0.25, -0.2) is 5.01 Å². The van der Waals surface area contributed by atoms with Gasteiger partial charge >= 0.3 is 0 Å². The van der Waals surface area contributed by atoms with Crippen molar-refractivity contribution in [2.24, 2.45) is 0 Å². The molecule has 1 aromatic heterocycles. The van der Waals surface area contributed by atoms with Crippen molar-refractivity contribution in [1.29, 1.82) is 0 Å². The van der Waals surface area contributed by atoms with Crippen molar-refractivity contribution < 1.29 is 9.59 Å². The number of hydrazine groups is 1. The minimum absolute atomic E-state index is 0.298. The number of rotatable bonds is 2. The fraction of sp³-hybridized carbons (Fsp3) is 0.227. The van der Waals surface area contributed by atoms with E-state index in [0.29, 0.717) is 16.6 Å². The number of aromatic nitrogens is 1. The van der Waals surface area contributed by atoms with E-state index < -0.39 is 5.54 Å². The van der Waals surface area contributed by atoms with Gasteiger partial charge in [0.15, 0.2) is 0 Å². The maximum absolute atomic E-state index is 13.3. The van der Waals surface area contributed by atoms with E-state index in [4.69, 9.17) is 0 Å². The third-order valence-electron chi connectivity index (χ3n) is 4.23. The van der Waals surface area contributed by atoms with Crippen LogP contribution in [-0.4, -0.2) is 27.3 Å². The Kier molecular flexibility index (Phi) is 4.95. The number of pyridine rings is 1. The van der Waals surface area contributed by atoms with Crippen LogP contribution >= 0.6 is 0 Å². The summed E-state index contributed by atoms with van der Waals surface area (Å²) < 4.78 is 0. The zero-order valence-corrected chi connectivity index (χ0v) is 16.0. The topological polar surface area (TPSA) is 62.3 Å². The zero-order chi connectivity index (χ0) is 19.6. The third kappa shape index (κ3) is 3.97. The Morgan fingerprint density at radius 3 is 2.41 bits per heavy atom. The highest BCUT2D eigenvalue weighted by Crippen LogP contribution is 2.21. The molecular weight excluding hydrogens is 338 g/mol. The SMILES string of the molecule is Cc1cccc(C(=O)NN(C(=O)c2cccc3cccnc23)C(C)(C)C)c1. The number of carbonyl (C=O) groups excluding carboxylic acids is 2. The summed E-state index contributed by atoms with van der Waals surface area (Å²) in [6.45, 7) is 7.55. The molecule has 0 bridgehead atoms. The highest BCUT2D eigenvalue weighted by atomic mass is 16.2. The van der Waals surface area contributed by atoms with Gasteiger partial charge in [0.1, 0.15) is 0 Å². The number of nitrogens with zero attached hydrogens (tertiary/aromatic N) is 2. The van der Waals surface area contributed by atoms with Crippen LogP contribution < -0.4 is 5.43 Å². The number of nitrogens with one attached hydrogen (secondary N) is 1. The maximum Gasteiger partial charge on any atom is 0.274 e. The van der Waals surface area contributed by atoms with E-state index in [2.05, 4.69) is 10.4 Å². The second-order valence-corrected chi connectivity index (χ2v) is 7.50. The first-order valence-electron chi connectivity index (χ1n) is 8.83. The van der Waals surface area contributed by atoms with Crippen LogP contribution in [0.3, 0.4) is 0 Å². The van der Waals surface area contributed by atoms with Crippen LogP contribution in [0, 0.1) is 6.92 Å². The summed E-state index contributed by atoms with van der Waals surface area (Å²) in [6.07, 6.45) is 1.66. The van der Waals surface area contributed by atoms with Gasteiger partial charge in [0, 0.05) is 17.1 Å². The van der Waals surface area contributed by atoms with Crippen LogP contribution in [0.5, 0.6) is 0 Å². The minimum atomic E-state index is -0.618. The first-order chi connectivity index (χ1) is 12.8. The van der Waals surface area contributed by atoms with Gasteiger partial charge < -0.3 is 0 Å². The lowest BCUT2D eigenvalue weighted by molar-refractivity contribution is 0.0360. The van der Waals surface area contributed by atoms with Gasteiger partial charge in [-0.2, -0.15) is 0 Å². The fourth-order valence-electron chi connectivity index (χ4n) is 2.87. The number of amides is 2. The Morgan fingerprint density at radius 1 is 1.00 bits per heavy atom. The Bertz CT molecular complexity index is 1000. The molecule has 0 unspecified atom stereocenters. The van der Waals surface area contributed by atoms with Crippen molar-refractivity contribution >= 4 is 22.7 Å². The average molecular weight is 361 g/mol. The highest BCUT2D eigenvalue weighted by Gasteiger charge is 2.30. The number of hydrogen-bond acceptors (Lipinski definition) is 3. The Labute approximate surface area is 159 Å². The van der Waals surface area contributed by atoms with E-state index in [1.165, 1.54) is 5.01 Å². The summed E-state index contributed by atoms with van der Waals surface area (Å²) in [5, 5.41) is 2.25. The monoisotopic (exact) mass is 361 g/mol. The molecule has 138 valence electrons. The number of aryl methyl sites for hydroxylation is 1. The van der Waals surface area contributed by atoms with E-state index in [9.17, 15) is 9.59 Å². The van der Waals surface area contributed by atoms with Crippen LogP contribution in [0.25, 0.3) is 10.9 Å². The van der Waals surface area contributed by atoms with E-state index in [0.717, 1.165) is 10.9 Å². The summed E-state index contributed by atoms with van der Waals surface area (Å²) in [6, 6.07) is 16.5. The van der Waals surface area contributed by atoms with E-state index >= 15 is 0 Å². The van der Waals surface area contributed by atoms with Crippen LogP contribution in [0.2, 0.25) is 0 Å². The van der Waals surface area contributed by atoms with Crippen molar-refractivity contribution in [3.63, 3.8) is 0 Å². The number of fused-ring (bicyclic) bond motifs is 1. The minimum Gasteiger partial charge on any atom is -0.267 e. The predicted molar refractivity (Wildman–Crippen MR) is 106 cm³/mol. The molecule has 2 amide bonds. The molecule has 0 spiro atoms. The average Bonchev–Trinajstić information content (AvgIpc) is 2.64. The Morgan fingerprint density at radius 2 is 1.70 bits per heavy atom. The number of para-hydroxylation sites is 1. The van der Waals surface area contributed by atoms with Crippen LogP contribution in [0.15, 0.2) is 60.8 Å². The van der Waals surface area contributed by atoms with E-state index in [1.807, 2.05) is 64.1 Å². The lowest BCUT2D eigenvalue weighted by Crippen LogP contribution is -2.56. The zero-order valence-electron chi connectivity index (χ0n) is 16.0. The van der Waals surface area contributed by atoms with Crippen LogP contribution in [0.4, 0.5) is 0 Å². The van der Waals surface area contributed by atoms with Crippen molar-refractivity contribution in [2.45, 2.75) is 33.2 Å². The van der Waals surface area contributed by atoms with Gasteiger partial charge in [-0.3, -0.25) is 20.0 Å². The smallest absolute Gasteiger partial charge is 0.267 e. The molecule has 5 nitrogen and oxygen atoms in total. The molecule has 0 saturated heterocycles. The normalized spacial score (nSPS) is 11.3. The molecule has 5 heteroatoms. The standard InChI is InChI=1S/C22H23N3O2/c1-15-8-5-10-17(14-15)20(26)24-25(22(2,3)4)21(27)18-12-6-9-16-11-7-13-23-19(16)18/h5-14H,1-4H3,(H,24,26). The lowest BCUT2D eigenvalue weighted by Gasteiger charge is -2.35. The van der Waals surface area contributed by atoms with E-state index in [-0.39, 0.29) is 11.8 Å². The van der Waals surface area contributed by atoms with Crippen LogP contribution in [-0.2, 0) is 0 Å². The molecular formula is C22H23N3O2. The van der Waals surface area contributed by atoms with Crippen molar-refractivity contribution in [1.82, 2.24) is 15.4 Å². The quantitative estimate of drug-likeness (QED) is 0.698. The second-order valence-electron chi connectivity index (χ2n) is 7.50. The van der Waals surface area contributed by atoms with Crippen LogP contribution in [0.1, 0.15) is 47.1 Å². The molecule has 1 N–H and O–H groups in total. The van der Waals surface area contributed by atoms with Crippen molar-refractivity contribution in [3.05, 3.63) is 77.5 Å². The number of benzene rings is 2. The van der Waals surface area contributed by atoms with Gasteiger partial charge in [0.25, 0.3) is 11.8 Å². The van der Waals surface area contributed by atoms with Crippen molar-refractivity contribution in [2.75, 3.05) is 0 Å². The van der Waals surface area contributed by atoms with Gasteiger partial charge in [0.05, 0.1) is 16.6 Å². The predicted octanol–water partition coefficient (Wildman–Crippen LogP) is 4.13. The summed E-state index contributed by atoms with van der Waals surface area (Å²) in [7, 11) is 0.